The third-order valence-corrected chi connectivity index (χ3v) is 2.96. The van der Waals surface area contributed by atoms with Crippen LogP contribution >= 0.6 is 0 Å². The maximum Gasteiger partial charge on any atom is 0.0200 e. The lowest BCUT2D eigenvalue weighted by Crippen LogP contribution is -2.49. The zero-order valence-corrected chi connectivity index (χ0v) is 9.38. The molecule has 0 radical (unpaired) electrons. The fourth-order valence-corrected chi connectivity index (χ4v) is 1.72. The molecule has 1 heterocycles. The summed E-state index contributed by atoms with van der Waals surface area (Å²) in [5.41, 5.74) is 3.45. The summed E-state index contributed by atoms with van der Waals surface area (Å²) in [4.78, 5) is 0. The fraction of sp³-hybridized carbons (Fsp3) is 1.00. The van der Waals surface area contributed by atoms with Gasteiger partial charge in [-0.25, -0.2) is 10.4 Å². The molecular weight excluding hydrogens is 162 g/mol. The van der Waals surface area contributed by atoms with Crippen LogP contribution in [0.15, 0.2) is 0 Å². The Morgan fingerprint density at radius 2 is 1.77 bits per heavy atom. The minimum Gasteiger partial charge on any atom is -0.239 e. The van der Waals surface area contributed by atoms with Gasteiger partial charge < -0.3 is 0 Å². The van der Waals surface area contributed by atoms with Crippen LogP contribution < -0.4 is 5.43 Å². The van der Waals surface area contributed by atoms with E-state index in [0.717, 1.165) is 12.5 Å². The highest BCUT2D eigenvalue weighted by Crippen LogP contribution is 2.14. The molecule has 3 heteroatoms. The van der Waals surface area contributed by atoms with E-state index < -0.39 is 0 Å². The fourth-order valence-electron chi connectivity index (χ4n) is 1.72. The first-order valence-electron chi connectivity index (χ1n) is 5.30. The van der Waals surface area contributed by atoms with Crippen LogP contribution in [0.1, 0.15) is 33.1 Å². The van der Waals surface area contributed by atoms with Gasteiger partial charge in [0.2, 0.25) is 0 Å². The highest BCUT2D eigenvalue weighted by atomic mass is 15.8. The van der Waals surface area contributed by atoms with Gasteiger partial charge in [0.15, 0.2) is 0 Å². The predicted molar refractivity (Wildman–Crippen MR) is 56.0 cm³/mol. The minimum atomic E-state index is 0.591. The van der Waals surface area contributed by atoms with Gasteiger partial charge in [-0.3, -0.25) is 0 Å². The summed E-state index contributed by atoms with van der Waals surface area (Å²) in [5, 5.41) is 4.36. The Morgan fingerprint density at radius 1 is 1.08 bits per heavy atom. The zero-order chi connectivity index (χ0) is 9.84. The van der Waals surface area contributed by atoms with Gasteiger partial charge in [-0.2, -0.15) is 5.12 Å². The Kier molecular flexibility index (Phi) is 4.16. The van der Waals surface area contributed by atoms with Crippen molar-refractivity contribution in [1.82, 2.24) is 15.6 Å². The predicted octanol–water partition coefficient (Wildman–Crippen LogP) is 1.48. The van der Waals surface area contributed by atoms with Crippen molar-refractivity contribution in [2.24, 2.45) is 5.92 Å². The number of hydrogen-bond donors (Lipinski definition) is 1. The van der Waals surface area contributed by atoms with Gasteiger partial charge in [-0.1, -0.05) is 6.92 Å². The van der Waals surface area contributed by atoms with Crippen molar-refractivity contribution in [3.63, 3.8) is 0 Å². The number of hydrogen-bond acceptors (Lipinski definition) is 3. The van der Waals surface area contributed by atoms with Crippen molar-refractivity contribution in [3.8, 4) is 0 Å². The van der Waals surface area contributed by atoms with Gasteiger partial charge >= 0.3 is 0 Å². The Bertz CT molecular complexity index is 149. The van der Waals surface area contributed by atoms with Crippen LogP contribution in [-0.4, -0.2) is 36.8 Å². The van der Waals surface area contributed by atoms with E-state index in [1.165, 1.54) is 19.3 Å². The molecule has 0 aromatic rings. The molecule has 0 aromatic heterocycles. The van der Waals surface area contributed by atoms with E-state index in [1.54, 1.807) is 0 Å². The second-order valence-electron chi connectivity index (χ2n) is 4.41. The summed E-state index contributed by atoms with van der Waals surface area (Å²) in [6.07, 6.45) is 3.92. The average Bonchev–Trinajstić information content (AvgIpc) is 2.13. The molecule has 1 N–H and O–H groups in total. The van der Waals surface area contributed by atoms with E-state index in [4.69, 9.17) is 0 Å². The average molecular weight is 185 g/mol. The van der Waals surface area contributed by atoms with Crippen LogP contribution in [0, 0.1) is 5.92 Å². The molecule has 78 valence electrons. The second kappa shape index (κ2) is 4.94. The lowest BCUT2D eigenvalue weighted by Gasteiger charge is -2.30. The van der Waals surface area contributed by atoms with E-state index in [1.807, 2.05) is 0 Å². The van der Waals surface area contributed by atoms with Crippen LogP contribution in [0.3, 0.4) is 0 Å². The molecule has 1 fully saturated rings. The minimum absolute atomic E-state index is 0.591. The smallest absolute Gasteiger partial charge is 0.0200 e. The number of nitrogens with zero attached hydrogens (tertiary/aromatic N) is 2. The third kappa shape index (κ3) is 3.63. The molecule has 0 amide bonds. The lowest BCUT2D eigenvalue weighted by atomic mass is 9.99. The van der Waals surface area contributed by atoms with Gasteiger partial charge in [0, 0.05) is 26.7 Å². The topological polar surface area (TPSA) is 18.5 Å². The summed E-state index contributed by atoms with van der Waals surface area (Å²) in [7, 11) is 4.23. The molecule has 3 nitrogen and oxygen atoms in total. The largest absolute Gasteiger partial charge is 0.239 e. The van der Waals surface area contributed by atoms with Crippen LogP contribution in [0.25, 0.3) is 0 Å². The first kappa shape index (κ1) is 11.0. The molecule has 1 saturated heterocycles. The normalized spacial score (nSPS) is 35.1. The van der Waals surface area contributed by atoms with Gasteiger partial charge in [-0.05, 0) is 32.1 Å². The Morgan fingerprint density at radius 3 is 2.46 bits per heavy atom. The molecule has 2 atom stereocenters. The van der Waals surface area contributed by atoms with E-state index >= 15 is 0 Å². The van der Waals surface area contributed by atoms with Crippen molar-refractivity contribution >= 4 is 0 Å². The van der Waals surface area contributed by atoms with Crippen LogP contribution in [0.2, 0.25) is 0 Å². The van der Waals surface area contributed by atoms with Gasteiger partial charge in [-0.15, -0.1) is 0 Å². The molecule has 0 aliphatic carbocycles. The summed E-state index contributed by atoms with van der Waals surface area (Å²) in [6, 6.07) is 0.591. The monoisotopic (exact) mass is 185 g/mol. The molecule has 0 saturated carbocycles. The molecule has 1 aliphatic rings. The third-order valence-electron chi connectivity index (χ3n) is 2.96. The van der Waals surface area contributed by atoms with Crippen molar-refractivity contribution in [3.05, 3.63) is 0 Å². The van der Waals surface area contributed by atoms with Crippen molar-refractivity contribution in [2.75, 3.05) is 20.6 Å². The molecule has 0 spiro atoms. The maximum absolute atomic E-state index is 3.45. The van der Waals surface area contributed by atoms with E-state index in [2.05, 4.69) is 43.5 Å². The Labute approximate surface area is 82.0 Å². The van der Waals surface area contributed by atoms with E-state index in [0.29, 0.717) is 6.04 Å². The summed E-state index contributed by atoms with van der Waals surface area (Å²) < 4.78 is 0. The molecule has 0 aromatic carbocycles. The lowest BCUT2D eigenvalue weighted by molar-refractivity contribution is -0.0330. The Balaban J connectivity index is 2.48. The Hall–Kier alpha value is -0.120. The van der Waals surface area contributed by atoms with Crippen LogP contribution in [0.5, 0.6) is 0 Å². The number of rotatable bonds is 0. The second-order valence-corrected chi connectivity index (χ2v) is 4.41. The highest BCUT2D eigenvalue weighted by molar-refractivity contribution is 4.65. The number of hydrazine groups is 2. The number of nitrogens with one attached hydrogen (secondary N) is 1. The molecule has 1 aliphatic heterocycles. The molecule has 0 bridgehead atoms. The van der Waals surface area contributed by atoms with Gasteiger partial charge in [0.25, 0.3) is 0 Å². The standard InChI is InChI=1S/C10H23N3/c1-9-5-6-10(2)11-13(4)12(3)8-7-9/h9-11H,5-8H2,1-4H3. The molecule has 1 rings (SSSR count). The van der Waals surface area contributed by atoms with E-state index in [-0.39, 0.29) is 0 Å². The summed E-state index contributed by atoms with van der Waals surface area (Å²) >= 11 is 0. The first-order chi connectivity index (χ1) is 6.09. The summed E-state index contributed by atoms with van der Waals surface area (Å²) in [5.74, 6) is 0.859. The maximum atomic E-state index is 3.45. The zero-order valence-electron chi connectivity index (χ0n) is 9.38. The van der Waals surface area contributed by atoms with E-state index in [9.17, 15) is 0 Å². The SMILES string of the molecule is CC1CCC(C)NN(C)N(C)CC1. The van der Waals surface area contributed by atoms with Crippen molar-refractivity contribution in [2.45, 2.75) is 39.2 Å². The molecule has 13 heavy (non-hydrogen) atoms. The van der Waals surface area contributed by atoms with Crippen molar-refractivity contribution < 1.29 is 0 Å². The first-order valence-corrected chi connectivity index (χ1v) is 5.30. The van der Waals surface area contributed by atoms with Gasteiger partial charge in [0.1, 0.15) is 0 Å². The van der Waals surface area contributed by atoms with Gasteiger partial charge in [0.05, 0.1) is 0 Å². The summed E-state index contributed by atoms with van der Waals surface area (Å²) in [6.45, 7) is 5.76. The van der Waals surface area contributed by atoms with Crippen molar-refractivity contribution in [1.29, 1.82) is 0 Å². The highest BCUT2D eigenvalue weighted by Gasteiger charge is 2.14. The molecule has 2 unspecified atom stereocenters. The quantitative estimate of drug-likeness (QED) is 0.616. The van der Waals surface area contributed by atoms with Crippen LogP contribution in [0.4, 0.5) is 0 Å². The molecular formula is C10H23N3. The van der Waals surface area contributed by atoms with Crippen LogP contribution in [-0.2, 0) is 0 Å².